The lowest BCUT2D eigenvalue weighted by molar-refractivity contribution is -0.150. The van der Waals surface area contributed by atoms with Gasteiger partial charge in [0.2, 0.25) is 5.91 Å². The van der Waals surface area contributed by atoms with Gasteiger partial charge in [0.25, 0.3) is 0 Å². The molecule has 0 aromatic heterocycles. The normalized spacial score (nSPS) is 20.5. The van der Waals surface area contributed by atoms with Crippen molar-refractivity contribution in [1.82, 2.24) is 10.2 Å². The molecule has 7 heteroatoms. The van der Waals surface area contributed by atoms with E-state index < -0.39 is 12.0 Å². The maximum Gasteiger partial charge on any atom is 0.323 e. The average Bonchev–Trinajstić information content (AvgIpc) is 2.29. The Bertz CT molecular complexity index is 326. The molecule has 17 heavy (non-hydrogen) atoms. The Labute approximate surface area is 99.0 Å². The highest BCUT2D eigenvalue weighted by Gasteiger charge is 2.30. The molecule has 1 heterocycles. The van der Waals surface area contributed by atoms with Gasteiger partial charge in [0, 0.05) is 13.1 Å². The fraction of sp³-hybridized carbons (Fsp3) is 0.700. The Kier molecular flexibility index (Phi) is 5.39. The molecule has 1 fully saturated rings. The zero-order valence-electron chi connectivity index (χ0n) is 9.39. The van der Waals surface area contributed by atoms with Gasteiger partial charge in [-0.05, 0) is 0 Å². The smallest absolute Gasteiger partial charge is 0.323 e. The predicted octanol–water partition coefficient (Wildman–Crippen LogP) is -1.20. The third-order valence-electron chi connectivity index (χ3n) is 2.43. The zero-order valence-corrected chi connectivity index (χ0v) is 9.39. The highest BCUT2D eigenvalue weighted by atomic mass is 16.5. The van der Waals surface area contributed by atoms with E-state index in [0.717, 1.165) is 0 Å². The first-order valence-electron chi connectivity index (χ1n) is 5.33. The molecule has 0 aromatic carbocycles. The van der Waals surface area contributed by atoms with E-state index in [1.54, 1.807) is 4.90 Å². The Morgan fingerprint density at radius 2 is 2.35 bits per heavy atom. The first-order chi connectivity index (χ1) is 8.15. The lowest BCUT2D eigenvalue weighted by Gasteiger charge is -2.31. The van der Waals surface area contributed by atoms with Crippen LogP contribution < -0.4 is 5.32 Å². The van der Waals surface area contributed by atoms with Crippen LogP contribution in [0.4, 0.5) is 0 Å². The van der Waals surface area contributed by atoms with Gasteiger partial charge in [-0.1, -0.05) is 0 Å². The van der Waals surface area contributed by atoms with E-state index in [2.05, 4.69) is 5.32 Å². The van der Waals surface area contributed by atoms with E-state index in [1.807, 2.05) is 6.07 Å². The van der Waals surface area contributed by atoms with Gasteiger partial charge in [-0.25, -0.2) is 0 Å². The van der Waals surface area contributed by atoms with Crippen molar-refractivity contribution in [3.05, 3.63) is 0 Å². The molecule has 1 saturated heterocycles. The average molecular weight is 241 g/mol. The summed E-state index contributed by atoms with van der Waals surface area (Å²) in [5.74, 6) is -1.26. The summed E-state index contributed by atoms with van der Waals surface area (Å²) >= 11 is 0. The molecule has 0 aromatic rings. The molecule has 0 aliphatic carbocycles. The number of carboxylic acids is 1. The van der Waals surface area contributed by atoms with Crippen molar-refractivity contribution in [1.29, 1.82) is 5.26 Å². The lowest BCUT2D eigenvalue weighted by Crippen LogP contribution is -2.53. The molecule has 1 aliphatic rings. The van der Waals surface area contributed by atoms with Crippen LogP contribution in [0.1, 0.15) is 6.42 Å². The van der Waals surface area contributed by atoms with Crippen molar-refractivity contribution < 1.29 is 19.4 Å². The number of carboxylic acid groups (broad SMARTS) is 1. The fourth-order valence-corrected chi connectivity index (χ4v) is 1.55. The minimum atomic E-state index is -0.991. The van der Waals surface area contributed by atoms with Crippen LogP contribution in [0.3, 0.4) is 0 Å². The van der Waals surface area contributed by atoms with Gasteiger partial charge in [0.05, 0.1) is 32.2 Å². The molecular formula is C10H15N3O4. The van der Waals surface area contributed by atoms with Crippen LogP contribution in [0.15, 0.2) is 0 Å². The molecule has 2 N–H and O–H groups in total. The number of carbonyl (C=O) groups is 2. The Morgan fingerprint density at radius 1 is 1.59 bits per heavy atom. The third-order valence-corrected chi connectivity index (χ3v) is 2.43. The number of nitrogens with one attached hydrogen (secondary N) is 1. The van der Waals surface area contributed by atoms with Crippen LogP contribution in [-0.4, -0.2) is 60.8 Å². The molecule has 1 atom stereocenters. The van der Waals surface area contributed by atoms with Crippen molar-refractivity contribution >= 4 is 11.9 Å². The molecule has 1 rings (SSSR count). The third kappa shape index (κ3) is 4.38. The SMILES string of the molecule is N#CCCNC(=O)CN1CCOCC1C(=O)O. The summed E-state index contributed by atoms with van der Waals surface area (Å²) in [6.45, 7) is 1.25. The second-order valence-corrected chi connectivity index (χ2v) is 3.66. The Balaban J connectivity index is 2.39. The van der Waals surface area contributed by atoms with Crippen molar-refractivity contribution in [3.63, 3.8) is 0 Å². The van der Waals surface area contributed by atoms with Crippen LogP contribution >= 0.6 is 0 Å². The summed E-state index contributed by atoms with van der Waals surface area (Å²) in [7, 11) is 0. The molecular weight excluding hydrogens is 226 g/mol. The lowest BCUT2D eigenvalue weighted by atomic mass is 10.2. The summed E-state index contributed by atoms with van der Waals surface area (Å²) in [5, 5.41) is 19.8. The molecule has 0 saturated carbocycles. The number of amides is 1. The molecule has 1 amide bonds. The molecule has 0 bridgehead atoms. The molecule has 0 radical (unpaired) electrons. The second kappa shape index (κ2) is 6.83. The van der Waals surface area contributed by atoms with E-state index in [4.69, 9.17) is 15.1 Å². The first-order valence-corrected chi connectivity index (χ1v) is 5.33. The number of ether oxygens (including phenoxy) is 1. The fourth-order valence-electron chi connectivity index (χ4n) is 1.55. The number of morpholine rings is 1. The molecule has 1 unspecified atom stereocenters. The highest BCUT2D eigenvalue weighted by molar-refractivity contribution is 5.80. The van der Waals surface area contributed by atoms with Gasteiger partial charge in [-0.3, -0.25) is 14.5 Å². The molecule has 7 nitrogen and oxygen atoms in total. The maximum absolute atomic E-state index is 11.5. The first kappa shape index (κ1) is 13.4. The largest absolute Gasteiger partial charge is 0.480 e. The van der Waals surface area contributed by atoms with E-state index in [0.29, 0.717) is 13.2 Å². The summed E-state index contributed by atoms with van der Waals surface area (Å²) in [6.07, 6.45) is 0.247. The van der Waals surface area contributed by atoms with Gasteiger partial charge in [-0.15, -0.1) is 0 Å². The van der Waals surface area contributed by atoms with Gasteiger partial charge in [0.15, 0.2) is 0 Å². The topological polar surface area (TPSA) is 103 Å². The predicted molar refractivity (Wildman–Crippen MR) is 57.1 cm³/mol. The van der Waals surface area contributed by atoms with Crippen molar-refractivity contribution in [2.75, 3.05) is 32.8 Å². The van der Waals surface area contributed by atoms with Crippen molar-refractivity contribution in [3.8, 4) is 6.07 Å². The van der Waals surface area contributed by atoms with Crippen LogP contribution in [0.5, 0.6) is 0 Å². The monoisotopic (exact) mass is 241 g/mol. The molecule has 0 spiro atoms. The summed E-state index contributed by atoms with van der Waals surface area (Å²) in [4.78, 5) is 23.9. The number of hydrogen-bond acceptors (Lipinski definition) is 5. The molecule has 94 valence electrons. The van der Waals surface area contributed by atoms with Crippen LogP contribution in [0.25, 0.3) is 0 Å². The number of aliphatic carboxylic acids is 1. The summed E-state index contributed by atoms with van der Waals surface area (Å²) < 4.78 is 5.06. The minimum Gasteiger partial charge on any atom is -0.480 e. The standard InChI is InChI=1S/C10H15N3O4/c11-2-1-3-12-9(14)6-13-4-5-17-7-8(13)10(15)16/h8H,1,3-7H2,(H,12,14)(H,15,16). The summed E-state index contributed by atoms with van der Waals surface area (Å²) in [6, 6.07) is 1.14. The van der Waals surface area contributed by atoms with Crippen LogP contribution in [0.2, 0.25) is 0 Å². The van der Waals surface area contributed by atoms with Crippen molar-refractivity contribution in [2.45, 2.75) is 12.5 Å². The van der Waals surface area contributed by atoms with Crippen molar-refractivity contribution in [2.24, 2.45) is 0 Å². The number of hydrogen-bond donors (Lipinski definition) is 2. The maximum atomic E-state index is 11.5. The zero-order chi connectivity index (χ0) is 12.7. The Hall–Kier alpha value is -1.65. The van der Waals surface area contributed by atoms with Crippen LogP contribution in [0, 0.1) is 11.3 Å². The van der Waals surface area contributed by atoms with E-state index in [9.17, 15) is 9.59 Å². The number of nitriles is 1. The van der Waals surface area contributed by atoms with E-state index >= 15 is 0 Å². The van der Waals surface area contributed by atoms with E-state index in [1.165, 1.54) is 0 Å². The van der Waals surface area contributed by atoms with Gasteiger partial charge in [-0.2, -0.15) is 5.26 Å². The van der Waals surface area contributed by atoms with Gasteiger partial charge in [0.1, 0.15) is 6.04 Å². The number of rotatable bonds is 5. The Morgan fingerprint density at radius 3 is 3.00 bits per heavy atom. The van der Waals surface area contributed by atoms with Gasteiger partial charge >= 0.3 is 5.97 Å². The quantitative estimate of drug-likeness (QED) is 0.586. The van der Waals surface area contributed by atoms with E-state index in [-0.39, 0.29) is 32.0 Å². The number of carbonyl (C=O) groups excluding carboxylic acids is 1. The molecule has 1 aliphatic heterocycles. The van der Waals surface area contributed by atoms with Gasteiger partial charge < -0.3 is 15.2 Å². The minimum absolute atomic E-state index is 0.0196. The van der Waals surface area contributed by atoms with Crippen LogP contribution in [-0.2, 0) is 14.3 Å². The number of nitrogens with zero attached hydrogens (tertiary/aromatic N) is 2. The summed E-state index contributed by atoms with van der Waals surface area (Å²) in [5.41, 5.74) is 0. The highest BCUT2D eigenvalue weighted by Crippen LogP contribution is 2.06. The second-order valence-electron chi connectivity index (χ2n) is 3.66.